The van der Waals surface area contributed by atoms with E-state index in [-0.39, 0.29) is 24.1 Å². The maximum Gasteiger partial charge on any atom is 0.410 e. The minimum Gasteiger partial charge on any atom is -0.445 e. The average molecular weight is 316 g/mol. The highest BCUT2D eigenvalue weighted by Crippen LogP contribution is 2.38. The fraction of sp³-hybridized carbons (Fsp3) is 0.556. The second kappa shape index (κ2) is 7.02. The highest BCUT2D eigenvalue weighted by atomic mass is 16.6. The Morgan fingerprint density at radius 2 is 2.13 bits per heavy atom. The van der Waals surface area contributed by atoms with Gasteiger partial charge in [-0.3, -0.25) is 0 Å². The fourth-order valence-electron chi connectivity index (χ4n) is 4.02. The number of nitrogens with zero attached hydrogens (tertiary/aromatic N) is 2. The number of benzene rings is 1. The Labute approximate surface area is 136 Å². The van der Waals surface area contributed by atoms with Crippen molar-refractivity contribution in [1.82, 2.24) is 4.90 Å². The molecule has 3 atom stereocenters. The molecule has 0 spiro atoms. The second-order valence-electron chi connectivity index (χ2n) is 6.41. The summed E-state index contributed by atoms with van der Waals surface area (Å²) >= 11 is 0. The normalized spacial score (nSPS) is 28.7. The Morgan fingerprint density at radius 3 is 2.83 bits per heavy atom. The first kappa shape index (κ1) is 15.8. The molecule has 2 aliphatic rings. The largest absolute Gasteiger partial charge is 0.445 e. The van der Waals surface area contributed by atoms with Gasteiger partial charge in [0.1, 0.15) is 6.61 Å². The number of fused-ring (bicyclic) bond motifs is 2. The van der Waals surface area contributed by atoms with Crippen LogP contribution in [0.2, 0.25) is 0 Å². The van der Waals surface area contributed by atoms with E-state index in [0.717, 1.165) is 37.0 Å². The molecule has 23 heavy (non-hydrogen) atoms. The van der Waals surface area contributed by atoms with E-state index in [1.165, 1.54) is 0 Å². The molecule has 0 radical (unpaired) electrons. The molecule has 5 nitrogen and oxygen atoms in total. The van der Waals surface area contributed by atoms with E-state index < -0.39 is 0 Å². The van der Waals surface area contributed by atoms with E-state index >= 15 is 0 Å². The van der Waals surface area contributed by atoms with Crippen LogP contribution in [-0.4, -0.2) is 34.0 Å². The smallest absolute Gasteiger partial charge is 0.410 e. The van der Waals surface area contributed by atoms with E-state index in [4.69, 9.17) is 4.74 Å². The third kappa shape index (κ3) is 3.19. The van der Waals surface area contributed by atoms with Crippen LogP contribution in [0.3, 0.4) is 0 Å². The Balaban J connectivity index is 1.71. The summed E-state index contributed by atoms with van der Waals surface area (Å²) in [6.45, 7) is 2.38. The molecule has 2 saturated heterocycles. The Bertz CT molecular complexity index is 573. The van der Waals surface area contributed by atoms with Crippen molar-refractivity contribution in [1.29, 1.82) is 0 Å². The monoisotopic (exact) mass is 316 g/mol. The van der Waals surface area contributed by atoms with Crippen molar-refractivity contribution >= 4 is 11.8 Å². The molecular weight excluding hydrogens is 292 g/mol. The van der Waals surface area contributed by atoms with E-state index in [2.05, 4.69) is 12.1 Å². The number of amides is 1. The van der Waals surface area contributed by atoms with Crippen molar-refractivity contribution in [3.05, 3.63) is 35.9 Å². The molecule has 1 aromatic carbocycles. The minimum absolute atomic E-state index is 0.0988. The first-order chi connectivity index (χ1) is 11.2. The zero-order chi connectivity index (χ0) is 16.2. The molecule has 2 heterocycles. The van der Waals surface area contributed by atoms with Gasteiger partial charge in [-0.25, -0.2) is 4.79 Å². The van der Waals surface area contributed by atoms with Crippen molar-refractivity contribution in [2.24, 2.45) is 11.1 Å². The molecule has 0 unspecified atom stereocenters. The van der Waals surface area contributed by atoms with Crippen LogP contribution in [-0.2, 0) is 11.3 Å². The molecule has 3 rings (SSSR count). The maximum absolute atomic E-state index is 12.6. The van der Waals surface area contributed by atoms with Gasteiger partial charge in [0.15, 0.2) is 0 Å². The molecule has 0 saturated carbocycles. The minimum atomic E-state index is -0.237. The van der Waals surface area contributed by atoms with E-state index in [1.54, 1.807) is 0 Å². The molecule has 2 fully saturated rings. The zero-order valence-corrected chi connectivity index (χ0v) is 13.5. The van der Waals surface area contributed by atoms with Gasteiger partial charge in [0.05, 0.1) is 5.71 Å². The Morgan fingerprint density at radius 1 is 1.35 bits per heavy atom. The van der Waals surface area contributed by atoms with Crippen LogP contribution in [0.1, 0.15) is 44.6 Å². The molecule has 0 aromatic heterocycles. The van der Waals surface area contributed by atoms with Crippen molar-refractivity contribution < 1.29 is 14.7 Å². The first-order valence-electron chi connectivity index (χ1n) is 8.44. The van der Waals surface area contributed by atoms with Crippen molar-refractivity contribution in [2.45, 2.75) is 57.7 Å². The molecule has 1 aromatic rings. The number of hydrogen-bond acceptors (Lipinski definition) is 4. The molecule has 1 amide bonds. The van der Waals surface area contributed by atoms with Crippen LogP contribution in [0.25, 0.3) is 0 Å². The number of hydrogen-bond donors (Lipinski definition) is 1. The number of piperidine rings is 2. The lowest BCUT2D eigenvalue weighted by Crippen LogP contribution is -2.59. The van der Waals surface area contributed by atoms with Gasteiger partial charge in [0.2, 0.25) is 0 Å². The van der Waals surface area contributed by atoms with Crippen molar-refractivity contribution in [3.8, 4) is 0 Å². The summed E-state index contributed by atoms with van der Waals surface area (Å²) in [6.07, 6.45) is 4.32. The van der Waals surface area contributed by atoms with Crippen LogP contribution >= 0.6 is 0 Å². The molecule has 2 bridgehead atoms. The predicted octanol–water partition coefficient (Wildman–Crippen LogP) is 3.81. The highest BCUT2D eigenvalue weighted by Gasteiger charge is 2.45. The first-order valence-corrected chi connectivity index (χ1v) is 8.44. The summed E-state index contributed by atoms with van der Waals surface area (Å²) in [6, 6.07) is 9.94. The average Bonchev–Trinajstić information content (AvgIpc) is 2.59. The SMILES string of the molecule is CC[C@H]1/C(=N/O)C[C@H]2CCC[C@@H]1N2C(=O)OCc1ccccc1. The lowest BCUT2D eigenvalue weighted by Gasteiger charge is -2.49. The second-order valence-corrected chi connectivity index (χ2v) is 6.41. The number of ether oxygens (including phenoxy) is 1. The molecular formula is C18H24N2O3. The summed E-state index contributed by atoms with van der Waals surface area (Å²) in [5.74, 6) is 0.140. The van der Waals surface area contributed by atoms with Gasteiger partial charge in [0.25, 0.3) is 0 Å². The van der Waals surface area contributed by atoms with E-state index in [0.29, 0.717) is 13.0 Å². The van der Waals surface area contributed by atoms with Gasteiger partial charge in [-0.1, -0.05) is 42.4 Å². The van der Waals surface area contributed by atoms with Crippen LogP contribution in [0.5, 0.6) is 0 Å². The standard InChI is InChI=1S/C18H24N2O3/c1-2-15-16(19-22)11-14-9-6-10-17(15)20(14)18(21)23-12-13-7-4-3-5-8-13/h3-5,7-8,14-15,17,22H,2,6,9-12H2,1H3/b19-16+/t14-,15+,17+/m1/s1. The third-order valence-electron chi connectivity index (χ3n) is 5.11. The summed E-state index contributed by atoms with van der Waals surface area (Å²) in [5, 5.41) is 12.8. The van der Waals surface area contributed by atoms with Crippen LogP contribution < -0.4 is 0 Å². The Kier molecular flexibility index (Phi) is 4.84. The summed E-state index contributed by atoms with van der Waals surface area (Å²) in [4.78, 5) is 14.6. The number of rotatable bonds is 3. The van der Waals surface area contributed by atoms with Gasteiger partial charge >= 0.3 is 6.09 Å². The highest BCUT2D eigenvalue weighted by molar-refractivity contribution is 5.90. The molecule has 0 aliphatic carbocycles. The number of oxime groups is 1. The van der Waals surface area contributed by atoms with Gasteiger partial charge in [-0.05, 0) is 31.2 Å². The van der Waals surface area contributed by atoms with Crippen molar-refractivity contribution in [2.75, 3.05) is 0 Å². The van der Waals surface area contributed by atoms with Gasteiger partial charge < -0.3 is 14.8 Å². The van der Waals surface area contributed by atoms with Crippen LogP contribution in [0.15, 0.2) is 35.5 Å². The number of carbonyl (C=O) groups is 1. The fourth-order valence-corrected chi connectivity index (χ4v) is 4.02. The maximum atomic E-state index is 12.6. The van der Waals surface area contributed by atoms with Crippen molar-refractivity contribution in [3.63, 3.8) is 0 Å². The molecule has 2 aliphatic heterocycles. The molecule has 1 N–H and O–H groups in total. The molecule has 124 valence electrons. The topological polar surface area (TPSA) is 62.1 Å². The summed E-state index contributed by atoms with van der Waals surface area (Å²) in [7, 11) is 0. The number of carbonyl (C=O) groups excluding carboxylic acids is 1. The molecule has 5 heteroatoms. The summed E-state index contributed by atoms with van der Waals surface area (Å²) < 4.78 is 5.55. The van der Waals surface area contributed by atoms with Gasteiger partial charge in [-0.15, -0.1) is 0 Å². The van der Waals surface area contributed by atoms with E-state index in [1.807, 2.05) is 35.2 Å². The lowest BCUT2D eigenvalue weighted by molar-refractivity contribution is 0.0228. The van der Waals surface area contributed by atoms with E-state index in [9.17, 15) is 10.0 Å². The quantitative estimate of drug-likeness (QED) is 0.681. The van der Waals surface area contributed by atoms with Gasteiger partial charge in [0, 0.05) is 24.4 Å². The zero-order valence-electron chi connectivity index (χ0n) is 13.5. The third-order valence-corrected chi connectivity index (χ3v) is 5.11. The van der Waals surface area contributed by atoms with Gasteiger partial charge in [-0.2, -0.15) is 0 Å². The van der Waals surface area contributed by atoms with Crippen LogP contribution in [0.4, 0.5) is 4.79 Å². The van der Waals surface area contributed by atoms with Crippen LogP contribution in [0, 0.1) is 5.92 Å². The summed E-state index contributed by atoms with van der Waals surface area (Å²) in [5.41, 5.74) is 1.84. The Hall–Kier alpha value is -2.04. The lowest BCUT2D eigenvalue weighted by atomic mass is 9.75. The predicted molar refractivity (Wildman–Crippen MR) is 87.5 cm³/mol.